The number of hydrogen-bond donors (Lipinski definition) is 2. The van der Waals surface area contributed by atoms with E-state index < -0.39 is 0 Å². The SMILES string of the molecule is CNCCC=Cc1cnc(N)c(Cl)n1. The highest BCUT2D eigenvalue weighted by atomic mass is 35.5. The van der Waals surface area contributed by atoms with Crippen molar-refractivity contribution in [2.45, 2.75) is 6.42 Å². The van der Waals surface area contributed by atoms with Crippen molar-refractivity contribution in [2.75, 3.05) is 19.3 Å². The summed E-state index contributed by atoms with van der Waals surface area (Å²) in [4.78, 5) is 7.94. The minimum absolute atomic E-state index is 0.251. The summed E-state index contributed by atoms with van der Waals surface area (Å²) in [5, 5.41) is 3.29. The van der Waals surface area contributed by atoms with Crippen molar-refractivity contribution in [2.24, 2.45) is 0 Å². The zero-order chi connectivity index (χ0) is 10.4. The third kappa shape index (κ3) is 3.32. The van der Waals surface area contributed by atoms with Crippen LogP contribution in [0, 0.1) is 0 Å². The normalized spacial score (nSPS) is 11.0. The van der Waals surface area contributed by atoms with Crippen LogP contribution in [-0.2, 0) is 0 Å². The Hall–Kier alpha value is -1.13. The molecule has 0 bridgehead atoms. The Morgan fingerprint density at radius 2 is 2.43 bits per heavy atom. The number of nitrogens with two attached hydrogens (primary N) is 1. The lowest BCUT2D eigenvalue weighted by Gasteiger charge is -1.97. The second-order valence-corrected chi connectivity index (χ2v) is 3.12. The molecule has 0 radical (unpaired) electrons. The number of nitrogen functional groups attached to an aromatic ring is 1. The lowest BCUT2D eigenvalue weighted by molar-refractivity contribution is 0.809. The number of aromatic nitrogens is 2. The van der Waals surface area contributed by atoms with Crippen LogP contribution in [-0.4, -0.2) is 23.6 Å². The molecule has 0 aromatic carbocycles. The first kappa shape index (κ1) is 10.9. The van der Waals surface area contributed by atoms with E-state index >= 15 is 0 Å². The molecular weight excluding hydrogens is 200 g/mol. The van der Waals surface area contributed by atoms with Gasteiger partial charge in [0.1, 0.15) is 0 Å². The van der Waals surface area contributed by atoms with E-state index in [9.17, 15) is 0 Å². The molecule has 0 amide bonds. The number of hydrogen-bond acceptors (Lipinski definition) is 4. The molecule has 0 fully saturated rings. The van der Waals surface area contributed by atoms with Gasteiger partial charge in [-0.25, -0.2) is 9.97 Å². The van der Waals surface area contributed by atoms with Gasteiger partial charge in [0.05, 0.1) is 11.9 Å². The first-order valence-electron chi connectivity index (χ1n) is 4.33. The number of rotatable bonds is 4. The van der Waals surface area contributed by atoms with Gasteiger partial charge in [0, 0.05) is 0 Å². The number of anilines is 1. The van der Waals surface area contributed by atoms with E-state index in [-0.39, 0.29) is 11.0 Å². The highest BCUT2D eigenvalue weighted by Crippen LogP contribution is 2.12. The second-order valence-electron chi connectivity index (χ2n) is 2.77. The molecule has 1 heterocycles. The molecule has 1 aromatic heterocycles. The topological polar surface area (TPSA) is 63.8 Å². The molecule has 1 rings (SSSR count). The van der Waals surface area contributed by atoms with E-state index in [1.165, 1.54) is 0 Å². The van der Waals surface area contributed by atoms with Crippen LogP contribution in [0.15, 0.2) is 12.3 Å². The van der Waals surface area contributed by atoms with Crippen LogP contribution in [0.3, 0.4) is 0 Å². The summed E-state index contributed by atoms with van der Waals surface area (Å²) in [6.45, 7) is 0.937. The summed E-state index contributed by atoms with van der Waals surface area (Å²) in [5.74, 6) is 0.263. The first-order chi connectivity index (χ1) is 6.74. The van der Waals surface area contributed by atoms with Crippen LogP contribution < -0.4 is 11.1 Å². The van der Waals surface area contributed by atoms with Crippen LogP contribution >= 0.6 is 11.6 Å². The fourth-order valence-corrected chi connectivity index (χ4v) is 1.05. The Labute approximate surface area is 88.2 Å². The molecule has 1 aromatic rings. The summed E-state index contributed by atoms with van der Waals surface area (Å²) >= 11 is 5.71. The lowest BCUT2D eigenvalue weighted by atomic mass is 10.3. The molecule has 3 N–H and O–H groups in total. The van der Waals surface area contributed by atoms with Gasteiger partial charge in [0.15, 0.2) is 11.0 Å². The number of nitrogens with one attached hydrogen (secondary N) is 1. The van der Waals surface area contributed by atoms with Gasteiger partial charge in [-0.05, 0) is 26.1 Å². The summed E-state index contributed by atoms with van der Waals surface area (Å²) in [6.07, 6.45) is 6.42. The Morgan fingerprint density at radius 1 is 1.64 bits per heavy atom. The Balaban J connectivity index is 2.59. The molecule has 0 saturated heterocycles. The van der Waals surface area contributed by atoms with Gasteiger partial charge in [-0.15, -0.1) is 0 Å². The van der Waals surface area contributed by atoms with Gasteiger partial charge < -0.3 is 11.1 Å². The third-order valence-corrected chi connectivity index (χ3v) is 1.90. The Kier molecular flexibility index (Phi) is 4.35. The maximum Gasteiger partial charge on any atom is 0.171 e. The van der Waals surface area contributed by atoms with E-state index in [2.05, 4.69) is 15.3 Å². The molecule has 14 heavy (non-hydrogen) atoms. The summed E-state index contributed by atoms with van der Waals surface area (Å²) in [6, 6.07) is 0. The number of nitrogens with zero attached hydrogens (tertiary/aromatic N) is 2. The largest absolute Gasteiger partial charge is 0.381 e. The molecule has 5 heteroatoms. The van der Waals surface area contributed by atoms with Crippen LogP contribution in [0.2, 0.25) is 5.15 Å². The van der Waals surface area contributed by atoms with Gasteiger partial charge >= 0.3 is 0 Å². The van der Waals surface area contributed by atoms with Crippen molar-refractivity contribution in [3.8, 4) is 0 Å². The molecular formula is C9H13ClN4. The summed E-state index contributed by atoms with van der Waals surface area (Å²) in [7, 11) is 1.91. The quantitative estimate of drug-likeness (QED) is 0.740. The second kappa shape index (κ2) is 5.57. The molecule has 0 aliphatic carbocycles. The average Bonchev–Trinajstić information content (AvgIpc) is 2.18. The lowest BCUT2D eigenvalue weighted by Crippen LogP contribution is -2.05. The predicted molar refractivity (Wildman–Crippen MR) is 59.0 cm³/mol. The molecule has 4 nitrogen and oxygen atoms in total. The fraction of sp³-hybridized carbons (Fsp3) is 0.333. The maximum atomic E-state index is 5.71. The van der Waals surface area contributed by atoms with Gasteiger partial charge in [-0.2, -0.15) is 0 Å². The molecule has 0 atom stereocenters. The predicted octanol–water partition coefficient (Wildman–Crippen LogP) is 1.33. The number of halogens is 1. The van der Waals surface area contributed by atoms with Crippen molar-refractivity contribution >= 4 is 23.5 Å². The molecule has 0 aliphatic heterocycles. The minimum atomic E-state index is 0.251. The van der Waals surface area contributed by atoms with Crippen molar-refractivity contribution in [3.05, 3.63) is 23.1 Å². The van der Waals surface area contributed by atoms with Crippen molar-refractivity contribution in [1.29, 1.82) is 0 Å². The third-order valence-electron chi connectivity index (χ3n) is 1.62. The van der Waals surface area contributed by atoms with Gasteiger partial charge in [0.25, 0.3) is 0 Å². The summed E-state index contributed by atoms with van der Waals surface area (Å²) < 4.78 is 0. The Morgan fingerprint density at radius 3 is 3.07 bits per heavy atom. The van der Waals surface area contributed by atoms with E-state index in [0.717, 1.165) is 18.7 Å². The molecule has 0 spiro atoms. The van der Waals surface area contributed by atoms with E-state index in [1.807, 2.05) is 19.2 Å². The van der Waals surface area contributed by atoms with Gasteiger partial charge in [0.2, 0.25) is 0 Å². The highest BCUT2D eigenvalue weighted by molar-refractivity contribution is 6.31. The molecule has 0 unspecified atom stereocenters. The maximum absolute atomic E-state index is 5.71. The van der Waals surface area contributed by atoms with E-state index in [0.29, 0.717) is 0 Å². The van der Waals surface area contributed by atoms with Crippen molar-refractivity contribution in [1.82, 2.24) is 15.3 Å². The molecule has 76 valence electrons. The minimum Gasteiger partial charge on any atom is -0.381 e. The van der Waals surface area contributed by atoms with E-state index in [4.69, 9.17) is 17.3 Å². The fourth-order valence-electron chi connectivity index (χ4n) is 0.900. The van der Waals surface area contributed by atoms with Crippen molar-refractivity contribution in [3.63, 3.8) is 0 Å². The zero-order valence-corrected chi connectivity index (χ0v) is 8.75. The van der Waals surface area contributed by atoms with Crippen LogP contribution in [0.5, 0.6) is 0 Å². The monoisotopic (exact) mass is 212 g/mol. The van der Waals surface area contributed by atoms with Crippen LogP contribution in [0.4, 0.5) is 5.82 Å². The zero-order valence-electron chi connectivity index (χ0n) is 8.00. The summed E-state index contributed by atoms with van der Waals surface area (Å²) in [5.41, 5.74) is 6.15. The first-order valence-corrected chi connectivity index (χ1v) is 4.71. The standard InChI is InChI=1S/C9H13ClN4/c1-12-5-3-2-4-7-6-13-9(11)8(10)14-7/h2,4,6,12H,3,5H2,1H3,(H2,11,13). The van der Waals surface area contributed by atoms with Crippen LogP contribution in [0.1, 0.15) is 12.1 Å². The highest BCUT2D eigenvalue weighted by Gasteiger charge is 1.97. The van der Waals surface area contributed by atoms with E-state index in [1.54, 1.807) is 6.20 Å². The van der Waals surface area contributed by atoms with Crippen molar-refractivity contribution < 1.29 is 0 Å². The average molecular weight is 213 g/mol. The molecule has 0 saturated carbocycles. The Bertz CT molecular complexity index is 325. The van der Waals surface area contributed by atoms with Gasteiger partial charge in [-0.1, -0.05) is 17.7 Å². The smallest absolute Gasteiger partial charge is 0.171 e. The van der Waals surface area contributed by atoms with Crippen LogP contribution in [0.25, 0.3) is 6.08 Å². The molecule has 0 aliphatic rings. The van der Waals surface area contributed by atoms with Gasteiger partial charge in [-0.3, -0.25) is 0 Å².